The Morgan fingerprint density at radius 2 is 1.95 bits per heavy atom. The van der Waals surface area contributed by atoms with Gasteiger partial charge in [0.2, 0.25) is 0 Å². The molecule has 0 spiro atoms. The van der Waals surface area contributed by atoms with E-state index in [-0.39, 0.29) is 5.54 Å². The fraction of sp³-hybridized carbons (Fsp3) is 0.765. The van der Waals surface area contributed by atoms with Crippen LogP contribution in [0.4, 0.5) is 0 Å². The molecule has 4 heteroatoms. The summed E-state index contributed by atoms with van der Waals surface area (Å²) in [6, 6.07) is 2.66. The van der Waals surface area contributed by atoms with Gasteiger partial charge in [0.15, 0.2) is 0 Å². The van der Waals surface area contributed by atoms with Crippen molar-refractivity contribution in [1.82, 2.24) is 10.2 Å². The number of nitrogens with zero attached hydrogens (tertiary/aromatic N) is 1. The molecule has 0 amide bonds. The minimum absolute atomic E-state index is 0.198. The van der Waals surface area contributed by atoms with E-state index in [1.165, 1.54) is 48.1 Å². The first-order valence-corrected chi connectivity index (χ1v) is 9.93. The zero-order chi connectivity index (χ0) is 15.3. The monoisotopic (exact) mass is 372 g/mol. The number of rotatable bonds is 6. The number of likely N-dealkylation sites (N-methyl/N-ethyl adjacent to an activating group) is 1. The first kappa shape index (κ1) is 17.5. The molecule has 2 heterocycles. The van der Waals surface area contributed by atoms with Gasteiger partial charge in [0.25, 0.3) is 0 Å². The second kappa shape index (κ2) is 8.09. The highest BCUT2D eigenvalue weighted by molar-refractivity contribution is 9.10. The van der Waals surface area contributed by atoms with Crippen molar-refractivity contribution in [1.29, 1.82) is 0 Å². The van der Waals surface area contributed by atoms with Crippen molar-refractivity contribution in [2.45, 2.75) is 64.5 Å². The summed E-state index contributed by atoms with van der Waals surface area (Å²) in [6.45, 7) is 10.6. The molecule has 1 fully saturated rings. The van der Waals surface area contributed by atoms with Crippen LogP contribution in [0.3, 0.4) is 0 Å². The predicted octanol–water partition coefficient (Wildman–Crippen LogP) is 4.69. The van der Waals surface area contributed by atoms with Gasteiger partial charge in [-0.05, 0) is 80.1 Å². The number of thiophene rings is 1. The zero-order valence-electron chi connectivity index (χ0n) is 13.6. The molecule has 0 bridgehead atoms. The summed E-state index contributed by atoms with van der Waals surface area (Å²) < 4.78 is 1.27. The lowest BCUT2D eigenvalue weighted by Gasteiger charge is -2.44. The third-order valence-electron chi connectivity index (χ3n) is 4.80. The third kappa shape index (κ3) is 4.54. The molecule has 0 saturated carbocycles. The third-order valence-corrected chi connectivity index (χ3v) is 6.75. The van der Waals surface area contributed by atoms with E-state index in [4.69, 9.17) is 0 Å². The molecule has 0 aliphatic carbocycles. The highest BCUT2D eigenvalue weighted by Crippen LogP contribution is 2.30. The first-order chi connectivity index (χ1) is 10.1. The average molecular weight is 373 g/mol. The summed E-state index contributed by atoms with van der Waals surface area (Å²) in [5, 5.41) is 5.93. The van der Waals surface area contributed by atoms with E-state index < -0.39 is 0 Å². The van der Waals surface area contributed by atoms with E-state index >= 15 is 0 Å². The molecule has 1 unspecified atom stereocenters. The van der Waals surface area contributed by atoms with E-state index in [1.54, 1.807) is 0 Å². The number of nitrogens with one attached hydrogen (secondary N) is 1. The number of likely N-dealkylation sites (tertiary alicyclic amines) is 1. The van der Waals surface area contributed by atoms with E-state index in [1.807, 2.05) is 11.3 Å². The topological polar surface area (TPSA) is 15.3 Å². The fourth-order valence-corrected chi connectivity index (χ4v) is 4.90. The van der Waals surface area contributed by atoms with E-state index in [9.17, 15) is 0 Å². The zero-order valence-corrected chi connectivity index (χ0v) is 16.0. The number of hydrogen-bond acceptors (Lipinski definition) is 3. The van der Waals surface area contributed by atoms with Crippen molar-refractivity contribution >= 4 is 27.3 Å². The second-order valence-corrected chi connectivity index (χ2v) is 8.42. The Morgan fingerprint density at radius 1 is 1.29 bits per heavy atom. The first-order valence-electron chi connectivity index (χ1n) is 8.26. The standard InChI is InChI=1S/C17H29BrN2S/c1-4-19-16(13-15-14(18)9-12-21-15)17(2,3)20-10-7-5-6-8-11-20/h9,12,16,19H,4-8,10-11,13H2,1-3H3. The summed E-state index contributed by atoms with van der Waals surface area (Å²) in [4.78, 5) is 4.18. The van der Waals surface area contributed by atoms with E-state index in [0.717, 1.165) is 13.0 Å². The molecule has 1 aliphatic heterocycles. The van der Waals surface area contributed by atoms with Crippen molar-refractivity contribution < 1.29 is 0 Å². The highest BCUT2D eigenvalue weighted by Gasteiger charge is 2.35. The molecule has 2 rings (SSSR count). The highest BCUT2D eigenvalue weighted by atomic mass is 79.9. The Bertz CT molecular complexity index is 422. The maximum absolute atomic E-state index is 3.75. The van der Waals surface area contributed by atoms with Gasteiger partial charge in [-0.1, -0.05) is 19.8 Å². The van der Waals surface area contributed by atoms with E-state index in [0.29, 0.717) is 6.04 Å². The van der Waals surface area contributed by atoms with Crippen LogP contribution in [0.15, 0.2) is 15.9 Å². The summed E-state index contributed by atoms with van der Waals surface area (Å²) in [7, 11) is 0. The quantitative estimate of drug-likeness (QED) is 0.779. The lowest BCUT2D eigenvalue weighted by atomic mass is 9.89. The van der Waals surface area contributed by atoms with Crippen LogP contribution in [-0.4, -0.2) is 36.1 Å². The van der Waals surface area contributed by atoms with E-state index in [2.05, 4.69) is 58.4 Å². The summed E-state index contributed by atoms with van der Waals surface area (Å²) in [5.74, 6) is 0. The SMILES string of the molecule is CCNC(Cc1sccc1Br)C(C)(C)N1CCCCCC1. The average Bonchev–Trinajstić information content (AvgIpc) is 2.70. The van der Waals surface area contributed by atoms with Gasteiger partial charge in [-0.15, -0.1) is 11.3 Å². The lowest BCUT2D eigenvalue weighted by Crippen LogP contribution is -2.58. The minimum Gasteiger partial charge on any atom is -0.312 e. The lowest BCUT2D eigenvalue weighted by molar-refractivity contribution is 0.0843. The van der Waals surface area contributed by atoms with Crippen LogP contribution >= 0.6 is 27.3 Å². The Morgan fingerprint density at radius 3 is 2.48 bits per heavy atom. The molecule has 1 N–H and O–H groups in total. The molecule has 1 aromatic heterocycles. The van der Waals surface area contributed by atoms with Crippen molar-refractivity contribution in [2.24, 2.45) is 0 Å². The van der Waals surface area contributed by atoms with Crippen molar-refractivity contribution in [3.05, 3.63) is 20.8 Å². The van der Waals surface area contributed by atoms with Crippen LogP contribution in [0.5, 0.6) is 0 Å². The van der Waals surface area contributed by atoms with Gasteiger partial charge in [0.1, 0.15) is 0 Å². The normalized spacial score (nSPS) is 19.4. The minimum atomic E-state index is 0.198. The molecule has 1 saturated heterocycles. The Hall–Kier alpha value is 0.1000. The summed E-state index contributed by atoms with van der Waals surface area (Å²) >= 11 is 5.56. The van der Waals surface area contributed by atoms with Crippen LogP contribution in [0.25, 0.3) is 0 Å². The van der Waals surface area contributed by atoms with Gasteiger partial charge in [-0.3, -0.25) is 4.90 Å². The molecule has 1 aromatic rings. The number of hydrogen-bond donors (Lipinski definition) is 1. The predicted molar refractivity (Wildman–Crippen MR) is 97.3 cm³/mol. The van der Waals surface area contributed by atoms with Gasteiger partial charge in [-0.2, -0.15) is 0 Å². The second-order valence-electron chi connectivity index (χ2n) is 6.56. The maximum atomic E-state index is 3.75. The maximum Gasteiger partial charge on any atom is 0.0314 e. The number of halogens is 1. The molecule has 0 radical (unpaired) electrons. The Kier molecular flexibility index (Phi) is 6.73. The van der Waals surface area contributed by atoms with Crippen LogP contribution in [0, 0.1) is 0 Å². The van der Waals surface area contributed by atoms with Gasteiger partial charge in [0, 0.05) is 20.9 Å². The molecule has 21 heavy (non-hydrogen) atoms. The van der Waals surface area contributed by atoms with Crippen molar-refractivity contribution in [3.8, 4) is 0 Å². The van der Waals surface area contributed by atoms with Crippen molar-refractivity contribution in [2.75, 3.05) is 19.6 Å². The Labute approximate surface area is 142 Å². The summed E-state index contributed by atoms with van der Waals surface area (Å²) in [5.41, 5.74) is 0.198. The molecule has 1 aliphatic rings. The molecular formula is C17H29BrN2S. The van der Waals surface area contributed by atoms with Gasteiger partial charge < -0.3 is 5.32 Å². The molecule has 2 nitrogen and oxygen atoms in total. The molecular weight excluding hydrogens is 344 g/mol. The smallest absolute Gasteiger partial charge is 0.0314 e. The van der Waals surface area contributed by atoms with Gasteiger partial charge >= 0.3 is 0 Å². The summed E-state index contributed by atoms with van der Waals surface area (Å²) in [6.07, 6.45) is 6.61. The van der Waals surface area contributed by atoms with Crippen LogP contribution in [0.1, 0.15) is 51.3 Å². The van der Waals surface area contributed by atoms with Crippen LogP contribution in [-0.2, 0) is 6.42 Å². The largest absolute Gasteiger partial charge is 0.312 e. The van der Waals surface area contributed by atoms with Crippen LogP contribution in [0.2, 0.25) is 0 Å². The van der Waals surface area contributed by atoms with Gasteiger partial charge in [0.05, 0.1) is 0 Å². The van der Waals surface area contributed by atoms with Crippen molar-refractivity contribution in [3.63, 3.8) is 0 Å². The fourth-order valence-electron chi connectivity index (χ4n) is 3.34. The van der Waals surface area contributed by atoms with Gasteiger partial charge in [-0.25, -0.2) is 0 Å². The molecule has 120 valence electrons. The molecule has 1 atom stereocenters. The molecule has 0 aromatic carbocycles. The van der Waals surface area contributed by atoms with Crippen LogP contribution < -0.4 is 5.32 Å². The Balaban J connectivity index is 2.12.